The summed E-state index contributed by atoms with van der Waals surface area (Å²) in [5, 5.41) is 19.2. The molecule has 1 saturated heterocycles. The average molecular weight is 230 g/mol. The third-order valence-corrected chi connectivity index (χ3v) is 3.36. The van der Waals surface area contributed by atoms with Gasteiger partial charge in [0.1, 0.15) is 11.8 Å². The van der Waals surface area contributed by atoms with E-state index in [0.717, 1.165) is 37.1 Å². The molecule has 17 heavy (non-hydrogen) atoms. The molecule has 0 spiro atoms. The maximum absolute atomic E-state index is 9.89. The summed E-state index contributed by atoms with van der Waals surface area (Å²) in [7, 11) is 0. The number of nitrogens with zero attached hydrogens (tertiary/aromatic N) is 2. The molecule has 1 unspecified atom stereocenters. The van der Waals surface area contributed by atoms with Crippen molar-refractivity contribution in [2.24, 2.45) is 0 Å². The summed E-state index contributed by atoms with van der Waals surface area (Å²) in [4.78, 5) is 2.16. The molecule has 1 N–H and O–H groups in total. The van der Waals surface area contributed by atoms with Gasteiger partial charge in [0.15, 0.2) is 0 Å². The number of phenols is 1. The number of phenolic OH excluding ortho intramolecular Hbond substituents is 1. The highest BCUT2D eigenvalue weighted by Gasteiger charge is 2.24. The summed E-state index contributed by atoms with van der Waals surface area (Å²) in [6.07, 6.45) is 3.53. The molecule has 1 aliphatic rings. The van der Waals surface area contributed by atoms with E-state index in [1.807, 2.05) is 19.1 Å². The van der Waals surface area contributed by atoms with Crippen LogP contribution in [0.2, 0.25) is 0 Å². The summed E-state index contributed by atoms with van der Waals surface area (Å²) in [5.74, 6) is 0.229. The fraction of sp³-hybridized carbons (Fsp3) is 0.500. The molecule has 0 radical (unpaired) electrons. The SMILES string of the molecule is Cc1ccc(O)c(C(C#N)N2CCCCC2)c1. The van der Waals surface area contributed by atoms with Crippen molar-refractivity contribution in [1.29, 1.82) is 5.26 Å². The van der Waals surface area contributed by atoms with E-state index in [1.54, 1.807) is 6.07 Å². The monoisotopic (exact) mass is 230 g/mol. The summed E-state index contributed by atoms with van der Waals surface area (Å²) in [5.41, 5.74) is 1.82. The Morgan fingerprint density at radius 2 is 2.00 bits per heavy atom. The summed E-state index contributed by atoms with van der Waals surface area (Å²) >= 11 is 0. The Kier molecular flexibility index (Phi) is 3.65. The molecule has 1 fully saturated rings. The molecule has 0 saturated carbocycles. The maximum atomic E-state index is 9.89. The zero-order chi connectivity index (χ0) is 12.3. The van der Waals surface area contributed by atoms with Gasteiger partial charge in [0.25, 0.3) is 0 Å². The fourth-order valence-corrected chi connectivity index (χ4v) is 2.42. The van der Waals surface area contributed by atoms with Crippen molar-refractivity contribution >= 4 is 0 Å². The predicted octanol–water partition coefficient (Wildman–Crippen LogP) is 2.75. The second-order valence-electron chi connectivity index (χ2n) is 4.69. The number of benzene rings is 1. The Hall–Kier alpha value is -1.53. The largest absolute Gasteiger partial charge is 0.508 e. The Labute approximate surface area is 102 Å². The van der Waals surface area contributed by atoms with Crippen LogP contribution in [0.1, 0.15) is 36.4 Å². The third-order valence-electron chi connectivity index (χ3n) is 3.36. The molecule has 1 aliphatic heterocycles. The number of hydrogen-bond donors (Lipinski definition) is 1. The minimum absolute atomic E-state index is 0.229. The zero-order valence-corrected chi connectivity index (χ0v) is 10.2. The van der Waals surface area contributed by atoms with Crippen molar-refractivity contribution in [3.8, 4) is 11.8 Å². The molecule has 0 aliphatic carbocycles. The van der Waals surface area contributed by atoms with E-state index in [-0.39, 0.29) is 11.8 Å². The molecule has 0 amide bonds. The highest BCUT2D eigenvalue weighted by atomic mass is 16.3. The molecule has 1 atom stereocenters. The van der Waals surface area contributed by atoms with Crippen molar-refractivity contribution in [3.63, 3.8) is 0 Å². The van der Waals surface area contributed by atoms with Gasteiger partial charge in [-0.15, -0.1) is 0 Å². The van der Waals surface area contributed by atoms with Crippen LogP contribution in [0.5, 0.6) is 5.75 Å². The van der Waals surface area contributed by atoms with Crippen LogP contribution in [0, 0.1) is 18.3 Å². The van der Waals surface area contributed by atoms with Crippen LogP contribution in [0.25, 0.3) is 0 Å². The van der Waals surface area contributed by atoms with Crippen LogP contribution in [0.4, 0.5) is 0 Å². The molecule has 3 nitrogen and oxygen atoms in total. The van der Waals surface area contributed by atoms with E-state index in [1.165, 1.54) is 6.42 Å². The first-order valence-corrected chi connectivity index (χ1v) is 6.15. The quantitative estimate of drug-likeness (QED) is 0.849. The summed E-state index contributed by atoms with van der Waals surface area (Å²) < 4.78 is 0. The van der Waals surface area contributed by atoms with Crippen LogP contribution < -0.4 is 0 Å². The van der Waals surface area contributed by atoms with Crippen LogP contribution in [-0.2, 0) is 0 Å². The summed E-state index contributed by atoms with van der Waals surface area (Å²) in [6.45, 7) is 3.88. The van der Waals surface area contributed by atoms with Gasteiger partial charge in [-0.2, -0.15) is 5.26 Å². The van der Waals surface area contributed by atoms with Crippen molar-refractivity contribution in [2.75, 3.05) is 13.1 Å². The highest BCUT2D eigenvalue weighted by molar-refractivity contribution is 5.40. The lowest BCUT2D eigenvalue weighted by molar-refractivity contribution is 0.193. The van der Waals surface area contributed by atoms with Gasteiger partial charge in [-0.1, -0.05) is 18.1 Å². The Bertz CT molecular complexity index is 430. The number of aromatic hydroxyl groups is 1. The van der Waals surface area contributed by atoms with Gasteiger partial charge in [0, 0.05) is 5.56 Å². The minimum atomic E-state index is -0.310. The molecule has 1 aromatic rings. The van der Waals surface area contributed by atoms with Crippen LogP contribution in [0.15, 0.2) is 18.2 Å². The van der Waals surface area contributed by atoms with E-state index in [0.29, 0.717) is 0 Å². The summed E-state index contributed by atoms with van der Waals surface area (Å²) in [6, 6.07) is 7.47. The number of rotatable bonds is 2. The lowest BCUT2D eigenvalue weighted by atomic mass is 10.00. The van der Waals surface area contributed by atoms with E-state index in [4.69, 9.17) is 0 Å². The molecule has 0 bridgehead atoms. The maximum Gasteiger partial charge on any atom is 0.127 e. The average Bonchev–Trinajstić information content (AvgIpc) is 2.36. The third kappa shape index (κ3) is 2.59. The molecular weight excluding hydrogens is 212 g/mol. The number of piperidine rings is 1. The van der Waals surface area contributed by atoms with Crippen molar-refractivity contribution in [1.82, 2.24) is 4.90 Å². The van der Waals surface area contributed by atoms with Crippen molar-refractivity contribution in [2.45, 2.75) is 32.2 Å². The van der Waals surface area contributed by atoms with E-state index >= 15 is 0 Å². The van der Waals surface area contributed by atoms with E-state index in [9.17, 15) is 10.4 Å². The minimum Gasteiger partial charge on any atom is -0.508 e. The zero-order valence-electron chi connectivity index (χ0n) is 10.2. The molecule has 1 aromatic carbocycles. The second kappa shape index (κ2) is 5.20. The Morgan fingerprint density at radius 3 is 2.65 bits per heavy atom. The topological polar surface area (TPSA) is 47.3 Å². The van der Waals surface area contributed by atoms with Crippen LogP contribution in [0.3, 0.4) is 0 Å². The predicted molar refractivity (Wildman–Crippen MR) is 66.6 cm³/mol. The number of nitriles is 1. The van der Waals surface area contributed by atoms with Gasteiger partial charge in [-0.3, -0.25) is 4.90 Å². The first-order valence-electron chi connectivity index (χ1n) is 6.15. The number of likely N-dealkylation sites (tertiary alicyclic amines) is 1. The second-order valence-corrected chi connectivity index (χ2v) is 4.69. The molecule has 3 heteroatoms. The van der Waals surface area contributed by atoms with Crippen molar-refractivity contribution < 1.29 is 5.11 Å². The molecule has 1 heterocycles. The van der Waals surface area contributed by atoms with Crippen molar-refractivity contribution in [3.05, 3.63) is 29.3 Å². The fourth-order valence-electron chi connectivity index (χ4n) is 2.42. The van der Waals surface area contributed by atoms with E-state index < -0.39 is 0 Å². The van der Waals surface area contributed by atoms with Gasteiger partial charge in [-0.05, 0) is 45.0 Å². The Morgan fingerprint density at radius 1 is 1.29 bits per heavy atom. The first kappa shape index (κ1) is 11.9. The van der Waals surface area contributed by atoms with Crippen LogP contribution in [-0.4, -0.2) is 23.1 Å². The van der Waals surface area contributed by atoms with Gasteiger partial charge in [0.2, 0.25) is 0 Å². The standard InChI is InChI=1S/C14H18N2O/c1-11-5-6-14(17)12(9-11)13(10-15)16-7-3-2-4-8-16/h5-6,9,13,17H,2-4,7-8H2,1H3. The smallest absolute Gasteiger partial charge is 0.127 e. The normalized spacial score (nSPS) is 18.6. The van der Waals surface area contributed by atoms with Gasteiger partial charge in [0.05, 0.1) is 6.07 Å². The number of hydrogen-bond acceptors (Lipinski definition) is 3. The van der Waals surface area contributed by atoms with Gasteiger partial charge >= 0.3 is 0 Å². The highest BCUT2D eigenvalue weighted by Crippen LogP contribution is 2.30. The lowest BCUT2D eigenvalue weighted by Gasteiger charge is -2.31. The molecule has 2 rings (SSSR count). The van der Waals surface area contributed by atoms with Gasteiger partial charge in [-0.25, -0.2) is 0 Å². The first-order chi connectivity index (χ1) is 8.22. The lowest BCUT2D eigenvalue weighted by Crippen LogP contribution is -2.33. The molecule has 90 valence electrons. The molecular formula is C14H18N2O. The van der Waals surface area contributed by atoms with E-state index in [2.05, 4.69) is 11.0 Å². The molecule has 0 aromatic heterocycles. The Balaban J connectivity index is 2.28. The van der Waals surface area contributed by atoms with Crippen LogP contribution >= 0.6 is 0 Å². The number of aryl methyl sites for hydroxylation is 1. The van der Waals surface area contributed by atoms with Gasteiger partial charge < -0.3 is 5.11 Å².